The summed E-state index contributed by atoms with van der Waals surface area (Å²) in [6, 6.07) is -0.0354. The summed E-state index contributed by atoms with van der Waals surface area (Å²) in [6.45, 7) is 2.52. The fraction of sp³-hybridized carbons (Fsp3) is 0.545. The molecule has 0 aliphatic heterocycles. The smallest absolute Gasteiger partial charge is 0.307 e. The molecule has 1 amide bonds. The Bertz CT molecular complexity index is 416. The third-order valence-corrected chi connectivity index (χ3v) is 2.88. The maximum atomic E-state index is 11.7. The first-order valence-electron chi connectivity index (χ1n) is 5.57. The highest BCUT2D eigenvalue weighted by Crippen LogP contribution is 2.38. The number of hydrogen-bond donors (Lipinski definition) is 2. The number of nitrogens with zero attached hydrogens (tertiary/aromatic N) is 2. The number of carboxylic acid groups (broad SMARTS) is 1. The van der Waals surface area contributed by atoms with Crippen molar-refractivity contribution in [3.05, 3.63) is 18.7 Å². The van der Waals surface area contributed by atoms with Crippen LogP contribution in [0.25, 0.3) is 0 Å². The van der Waals surface area contributed by atoms with E-state index in [2.05, 4.69) is 10.3 Å². The average molecular weight is 237 g/mol. The summed E-state index contributed by atoms with van der Waals surface area (Å²) in [5, 5.41) is 11.5. The van der Waals surface area contributed by atoms with Crippen molar-refractivity contribution in [3.63, 3.8) is 0 Å². The van der Waals surface area contributed by atoms with E-state index in [4.69, 9.17) is 5.11 Å². The van der Waals surface area contributed by atoms with Gasteiger partial charge in [-0.2, -0.15) is 0 Å². The molecule has 3 atom stereocenters. The Labute approximate surface area is 98.7 Å². The average Bonchev–Trinajstić information content (AvgIpc) is 2.92. The van der Waals surface area contributed by atoms with Crippen LogP contribution in [-0.4, -0.2) is 32.6 Å². The summed E-state index contributed by atoms with van der Waals surface area (Å²) < 4.78 is 1.87. The predicted octanol–water partition coefficient (Wildman–Crippen LogP) is 0.108. The minimum absolute atomic E-state index is 0.0354. The fourth-order valence-electron chi connectivity index (χ4n) is 1.86. The third-order valence-electron chi connectivity index (χ3n) is 2.88. The number of imidazole rings is 1. The molecule has 1 heterocycles. The van der Waals surface area contributed by atoms with Gasteiger partial charge in [0.05, 0.1) is 18.2 Å². The zero-order chi connectivity index (χ0) is 12.4. The van der Waals surface area contributed by atoms with Gasteiger partial charge >= 0.3 is 5.97 Å². The van der Waals surface area contributed by atoms with Crippen LogP contribution in [-0.2, 0) is 16.1 Å². The molecule has 1 aromatic heterocycles. The van der Waals surface area contributed by atoms with Gasteiger partial charge in [0.1, 0.15) is 0 Å². The number of aromatic nitrogens is 2. The number of carboxylic acids is 1. The van der Waals surface area contributed by atoms with Crippen LogP contribution in [0, 0.1) is 11.8 Å². The van der Waals surface area contributed by atoms with E-state index in [0.717, 1.165) is 0 Å². The molecule has 92 valence electrons. The molecular formula is C11H15N3O3. The van der Waals surface area contributed by atoms with Crippen molar-refractivity contribution >= 4 is 11.9 Å². The van der Waals surface area contributed by atoms with Crippen LogP contribution in [0.1, 0.15) is 13.3 Å². The fourth-order valence-corrected chi connectivity index (χ4v) is 1.86. The molecule has 0 radical (unpaired) electrons. The van der Waals surface area contributed by atoms with Gasteiger partial charge in [0.2, 0.25) is 5.91 Å². The van der Waals surface area contributed by atoms with Crippen LogP contribution in [0.15, 0.2) is 18.7 Å². The Balaban J connectivity index is 1.78. The second kappa shape index (κ2) is 4.57. The Morgan fingerprint density at radius 3 is 2.88 bits per heavy atom. The summed E-state index contributed by atoms with van der Waals surface area (Å²) in [7, 11) is 0. The first-order chi connectivity index (χ1) is 8.08. The van der Waals surface area contributed by atoms with Crippen molar-refractivity contribution in [3.8, 4) is 0 Å². The summed E-state index contributed by atoms with van der Waals surface area (Å²) in [6.07, 6.45) is 5.63. The van der Waals surface area contributed by atoms with Crippen LogP contribution in [0.3, 0.4) is 0 Å². The van der Waals surface area contributed by atoms with Crippen molar-refractivity contribution in [1.82, 2.24) is 14.9 Å². The molecule has 6 nitrogen and oxygen atoms in total. The van der Waals surface area contributed by atoms with Gasteiger partial charge < -0.3 is 15.0 Å². The lowest BCUT2D eigenvalue weighted by Crippen LogP contribution is -2.37. The van der Waals surface area contributed by atoms with Crippen LogP contribution in [0.4, 0.5) is 0 Å². The van der Waals surface area contributed by atoms with Gasteiger partial charge in [-0.05, 0) is 13.3 Å². The van der Waals surface area contributed by atoms with Crippen molar-refractivity contribution in [2.45, 2.75) is 25.9 Å². The van der Waals surface area contributed by atoms with Gasteiger partial charge in [-0.25, -0.2) is 4.98 Å². The molecule has 0 saturated heterocycles. The van der Waals surface area contributed by atoms with Crippen molar-refractivity contribution in [2.75, 3.05) is 0 Å². The van der Waals surface area contributed by atoms with Gasteiger partial charge in [-0.1, -0.05) is 0 Å². The second-order valence-electron chi connectivity index (χ2n) is 4.46. The Hall–Kier alpha value is -1.85. The van der Waals surface area contributed by atoms with Gasteiger partial charge in [0.25, 0.3) is 0 Å². The summed E-state index contributed by atoms with van der Waals surface area (Å²) in [5.41, 5.74) is 0. The standard InChI is InChI=1S/C11H15N3O3/c1-7(5-14-3-2-12-6-14)13-10(15)8-4-9(8)11(16)17/h2-3,6-9H,4-5H2,1H3,(H,13,15)(H,16,17). The molecule has 6 heteroatoms. The molecule has 0 bridgehead atoms. The van der Waals surface area contributed by atoms with Crippen molar-refractivity contribution in [1.29, 1.82) is 0 Å². The normalized spacial score (nSPS) is 24.1. The molecule has 2 N–H and O–H groups in total. The molecule has 1 saturated carbocycles. The van der Waals surface area contributed by atoms with E-state index in [1.807, 2.05) is 17.7 Å². The SMILES string of the molecule is CC(Cn1ccnc1)NC(=O)C1CC1C(=O)O. The summed E-state index contributed by atoms with van der Waals surface area (Å²) in [4.78, 5) is 26.2. The summed E-state index contributed by atoms with van der Waals surface area (Å²) in [5.74, 6) is -1.88. The zero-order valence-electron chi connectivity index (χ0n) is 9.54. The lowest BCUT2D eigenvalue weighted by atomic mass is 10.2. The number of rotatable bonds is 5. The van der Waals surface area contributed by atoms with E-state index in [0.29, 0.717) is 13.0 Å². The second-order valence-corrected chi connectivity index (χ2v) is 4.46. The van der Waals surface area contributed by atoms with Crippen LogP contribution >= 0.6 is 0 Å². The van der Waals surface area contributed by atoms with E-state index in [1.165, 1.54) is 0 Å². The monoisotopic (exact) mass is 237 g/mol. The van der Waals surface area contributed by atoms with Crippen molar-refractivity contribution < 1.29 is 14.7 Å². The van der Waals surface area contributed by atoms with E-state index < -0.39 is 11.9 Å². The minimum atomic E-state index is -0.882. The quantitative estimate of drug-likeness (QED) is 0.761. The van der Waals surface area contributed by atoms with Crippen LogP contribution < -0.4 is 5.32 Å². The van der Waals surface area contributed by atoms with E-state index in [9.17, 15) is 9.59 Å². The van der Waals surface area contributed by atoms with Crippen LogP contribution in [0.5, 0.6) is 0 Å². The maximum absolute atomic E-state index is 11.7. The molecule has 1 fully saturated rings. The molecule has 0 aromatic carbocycles. The van der Waals surface area contributed by atoms with Gasteiger partial charge in [0.15, 0.2) is 0 Å². The number of carbonyl (C=O) groups excluding carboxylic acids is 1. The zero-order valence-corrected chi connectivity index (χ0v) is 9.54. The number of hydrogen-bond acceptors (Lipinski definition) is 3. The van der Waals surface area contributed by atoms with E-state index in [1.54, 1.807) is 12.5 Å². The molecule has 1 aromatic rings. The largest absolute Gasteiger partial charge is 0.481 e. The van der Waals surface area contributed by atoms with Gasteiger partial charge in [-0.15, -0.1) is 0 Å². The molecular weight excluding hydrogens is 222 g/mol. The molecule has 1 aliphatic carbocycles. The highest BCUT2D eigenvalue weighted by atomic mass is 16.4. The lowest BCUT2D eigenvalue weighted by molar-refractivity contribution is -0.140. The minimum Gasteiger partial charge on any atom is -0.481 e. The molecule has 3 unspecified atom stereocenters. The first-order valence-corrected chi connectivity index (χ1v) is 5.57. The third kappa shape index (κ3) is 2.83. The highest BCUT2D eigenvalue weighted by molar-refractivity contribution is 5.89. The molecule has 0 spiro atoms. The first kappa shape index (κ1) is 11.6. The number of carbonyl (C=O) groups is 2. The maximum Gasteiger partial charge on any atom is 0.307 e. The topological polar surface area (TPSA) is 84.2 Å². The predicted molar refractivity (Wildman–Crippen MR) is 59.1 cm³/mol. The number of amides is 1. The van der Waals surface area contributed by atoms with Gasteiger partial charge in [0, 0.05) is 25.0 Å². The lowest BCUT2D eigenvalue weighted by Gasteiger charge is -2.14. The highest BCUT2D eigenvalue weighted by Gasteiger charge is 2.48. The summed E-state index contributed by atoms with van der Waals surface area (Å²) >= 11 is 0. The van der Waals surface area contributed by atoms with E-state index >= 15 is 0 Å². The Morgan fingerprint density at radius 1 is 1.59 bits per heavy atom. The Kier molecular flexibility index (Phi) is 3.12. The molecule has 17 heavy (non-hydrogen) atoms. The molecule has 1 aliphatic rings. The van der Waals surface area contributed by atoms with Crippen molar-refractivity contribution in [2.24, 2.45) is 11.8 Å². The number of aliphatic carboxylic acids is 1. The Morgan fingerprint density at radius 2 is 2.35 bits per heavy atom. The van der Waals surface area contributed by atoms with Gasteiger partial charge in [-0.3, -0.25) is 9.59 Å². The van der Waals surface area contributed by atoms with E-state index in [-0.39, 0.29) is 17.9 Å². The van der Waals surface area contributed by atoms with Crippen LogP contribution in [0.2, 0.25) is 0 Å². The molecule has 2 rings (SSSR count). The number of nitrogens with one attached hydrogen (secondary N) is 1.